The molecule has 1 aliphatic heterocycles. The van der Waals surface area contributed by atoms with Gasteiger partial charge >= 0.3 is 6.03 Å². The fourth-order valence-corrected chi connectivity index (χ4v) is 1.61. The van der Waals surface area contributed by atoms with Crippen molar-refractivity contribution < 1.29 is 9.59 Å². The monoisotopic (exact) mass is 204 g/mol. The largest absolute Gasteiger partial charge is 0.328 e. The van der Waals surface area contributed by atoms with E-state index < -0.39 is 0 Å². The van der Waals surface area contributed by atoms with Crippen LogP contribution in [-0.4, -0.2) is 23.4 Å². The summed E-state index contributed by atoms with van der Waals surface area (Å²) in [7, 11) is 0. The molecule has 0 spiro atoms. The number of hydrogen-bond acceptors (Lipinski definition) is 2. The van der Waals surface area contributed by atoms with Gasteiger partial charge in [0.1, 0.15) is 0 Å². The highest BCUT2D eigenvalue weighted by atomic mass is 16.2. The minimum atomic E-state index is -0.334. The van der Waals surface area contributed by atoms with E-state index in [2.05, 4.69) is 5.32 Å². The Labute approximate surface area is 87.9 Å². The summed E-state index contributed by atoms with van der Waals surface area (Å²) in [5.41, 5.74) is 1.92. The smallest absolute Gasteiger partial charge is 0.294 e. The van der Waals surface area contributed by atoms with Crippen molar-refractivity contribution >= 4 is 11.9 Å². The van der Waals surface area contributed by atoms with E-state index in [1.807, 2.05) is 31.2 Å². The van der Waals surface area contributed by atoms with Crippen LogP contribution in [0.1, 0.15) is 13.3 Å². The van der Waals surface area contributed by atoms with Crippen molar-refractivity contribution in [2.75, 3.05) is 6.54 Å². The number of imide groups is 1. The number of rotatable bonds is 1. The molecule has 4 nitrogen and oxygen atoms in total. The van der Waals surface area contributed by atoms with Crippen LogP contribution in [0.3, 0.4) is 0 Å². The van der Waals surface area contributed by atoms with E-state index in [0.29, 0.717) is 13.0 Å². The third kappa shape index (κ3) is 1.83. The Morgan fingerprint density at radius 2 is 2.20 bits per heavy atom. The van der Waals surface area contributed by atoms with Gasteiger partial charge in [0.25, 0.3) is 0 Å². The summed E-state index contributed by atoms with van der Waals surface area (Å²) in [5, 5.41) is 2.29. The van der Waals surface area contributed by atoms with Crippen LogP contribution >= 0.6 is 0 Å². The number of nitrogens with zero attached hydrogens (tertiary/aromatic N) is 1. The molecule has 0 saturated carbocycles. The van der Waals surface area contributed by atoms with Crippen LogP contribution < -0.4 is 5.32 Å². The van der Waals surface area contributed by atoms with Crippen molar-refractivity contribution in [1.82, 2.24) is 10.2 Å². The highest BCUT2D eigenvalue weighted by molar-refractivity contribution is 5.97. The number of allylic oxidation sites excluding steroid dienone is 5. The van der Waals surface area contributed by atoms with Gasteiger partial charge in [-0.3, -0.25) is 15.0 Å². The lowest BCUT2D eigenvalue weighted by Crippen LogP contribution is -2.48. The number of amides is 3. The molecule has 0 aromatic heterocycles. The number of carbonyl (C=O) groups is 2. The maximum atomic E-state index is 11.5. The van der Waals surface area contributed by atoms with E-state index >= 15 is 0 Å². The van der Waals surface area contributed by atoms with Crippen molar-refractivity contribution in [2.24, 2.45) is 0 Å². The second kappa shape index (κ2) is 3.73. The molecule has 0 unspecified atom stereocenters. The normalized spacial score (nSPS) is 23.4. The molecular formula is C11H12N2O2. The maximum absolute atomic E-state index is 11.5. The molecule has 2 aliphatic rings. The molecule has 1 heterocycles. The van der Waals surface area contributed by atoms with Crippen molar-refractivity contribution in [3.8, 4) is 0 Å². The summed E-state index contributed by atoms with van der Waals surface area (Å²) in [6.07, 6.45) is 8.08. The van der Waals surface area contributed by atoms with Gasteiger partial charge in [-0.15, -0.1) is 0 Å². The molecule has 0 aromatic rings. The van der Waals surface area contributed by atoms with Gasteiger partial charge in [0.05, 0.1) is 0 Å². The average molecular weight is 204 g/mol. The van der Waals surface area contributed by atoms with Gasteiger partial charge in [0.15, 0.2) is 0 Å². The Morgan fingerprint density at radius 1 is 1.40 bits per heavy atom. The standard InChI is InChI=1S/C11H12N2O2/c1-2-8-3-4-9(7-8)13-6-5-10(14)12-11(13)15/h2-4,7H,5-6H2,1H3,(H,12,14,15)/b8-2-. The second-order valence-electron chi connectivity index (χ2n) is 3.45. The van der Waals surface area contributed by atoms with Crippen LogP contribution in [0.25, 0.3) is 0 Å². The molecular weight excluding hydrogens is 192 g/mol. The molecule has 1 fully saturated rings. The van der Waals surface area contributed by atoms with Crippen LogP contribution in [-0.2, 0) is 4.79 Å². The third-order valence-electron chi connectivity index (χ3n) is 2.46. The first-order valence-corrected chi connectivity index (χ1v) is 4.88. The van der Waals surface area contributed by atoms with E-state index in [0.717, 1.165) is 11.3 Å². The zero-order chi connectivity index (χ0) is 10.8. The molecule has 78 valence electrons. The summed E-state index contributed by atoms with van der Waals surface area (Å²) < 4.78 is 0. The molecule has 0 bridgehead atoms. The molecule has 0 atom stereocenters. The van der Waals surface area contributed by atoms with Gasteiger partial charge in [-0.05, 0) is 24.6 Å². The Bertz CT molecular complexity index is 405. The van der Waals surface area contributed by atoms with E-state index in [9.17, 15) is 9.59 Å². The minimum absolute atomic E-state index is 0.204. The fraction of sp³-hybridized carbons (Fsp3) is 0.273. The minimum Gasteiger partial charge on any atom is -0.294 e. The van der Waals surface area contributed by atoms with Crippen LogP contribution in [0.5, 0.6) is 0 Å². The van der Waals surface area contributed by atoms with Gasteiger partial charge in [0, 0.05) is 18.7 Å². The Kier molecular flexibility index (Phi) is 2.41. The molecule has 2 rings (SSSR count). The molecule has 1 saturated heterocycles. The highest BCUT2D eigenvalue weighted by Crippen LogP contribution is 2.20. The summed E-state index contributed by atoms with van der Waals surface area (Å²) in [4.78, 5) is 24.0. The number of nitrogens with one attached hydrogen (secondary N) is 1. The Morgan fingerprint density at radius 3 is 2.80 bits per heavy atom. The first kappa shape index (κ1) is 9.71. The summed E-state index contributed by atoms with van der Waals surface area (Å²) >= 11 is 0. The number of hydrogen-bond donors (Lipinski definition) is 1. The van der Waals surface area contributed by atoms with E-state index in [1.54, 1.807) is 4.90 Å². The van der Waals surface area contributed by atoms with Gasteiger partial charge < -0.3 is 0 Å². The van der Waals surface area contributed by atoms with Gasteiger partial charge in [0.2, 0.25) is 5.91 Å². The lowest BCUT2D eigenvalue weighted by atomic mass is 10.2. The van der Waals surface area contributed by atoms with Crippen molar-refractivity contribution in [1.29, 1.82) is 0 Å². The first-order valence-electron chi connectivity index (χ1n) is 4.88. The van der Waals surface area contributed by atoms with Gasteiger partial charge in [-0.1, -0.05) is 12.2 Å². The van der Waals surface area contributed by atoms with E-state index in [1.165, 1.54) is 0 Å². The van der Waals surface area contributed by atoms with Gasteiger partial charge in [-0.2, -0.15) is 0 Å². The zero-order valence-electron chi connectivity index (χ0n) is 8.49. The topological polar surface area (TPSA) is 49.4 Å². The predicted octanol–water partition coefficient (Wildman–Crippen LogP) is 1.33. The second-order valence-corrected chi connectivity index (χ2v) is 3.45. The lowest BCUT2D eigenvalue weighted by molar-refractivity contribution is -0.121. The zero-order valence-corrected chi connectivity index (χ0v) is 8.49. The van der Waals surface area contributed by atoms with E-state index in [4.69, 9.17) is 0 Å². The summed E-state index contributed by atoms with van der Waals surface area (Å²) in [5.74, 6) is -0.204. The van der Waals surface area contributed by atoms with Crippen molar-refractivity contribution in [3.63, 3.8) is 0 Å². The maximum Gasteiger partial charge on any atom is 0.328 e. The van der Waals surface area contributed by atoms with E-state index in [-0.39, 0.29) is 11.9 Å². The summed E-state index contributed by atoms with van der Waals surface area (Å²) in [6, 6.07) is -0.334. The number of carbonyl (C=O) groups excluding carboxylic acids is 2. The van der Waals surface area contributed by atoms with Gasteiger partial charge in [-0.25, -0.2) is 4.79 Å². The molecule has 4 heteroatoms. The quantitative estimate of drug-likeness (QED) is 0.700. The lowest BCUT2D eigenvalue weighted by Gasteiger charge is -2.26. The van der Waals surface area contributed by atoms with Crippen LogP contribution in [0.2, 0.25) is 0 Å². The van der Waals surface area contributed by atoms with Crippen LogP contribution in [0, 0.1) is 0 Å². The molecule has 0 aromatic carbocycles. The highest BCUT2D eigenvalue weighted by Gasteiger charge is 2.25. The summed E-state index contributed by atoms with van der Waals surface area (Å²) in [6.45, 7) is 2.40. The third-order valence-corrected chi connectivity index (χ3v) is 2.46. The van der Waals surface area contributed by atoms with Crippen molar-refractivity contribution in [2.45, 2.75) is 13.3 Å². The Hall–Kier alpha value is -1.84. The average Bonchev–Trinajstić information content (AvgIpc) is 2.66. The van der Waals surface area contributed by atoms with Crippen molar-refractivity contribution in [3.05, 3.63) is 35.6 Å². The molecule has 1 N–H and O–H groups in total. The SMILES string of the molecule is C/C=C1/C=CC(N2CCC(=O)NC2=O)=C1. The first-order chi connectivity index (χ1) is 7.20. The number of urea groups is 1. The molecule has 3 amide bonds. The molecule has 0 radical (unpaired) electrons. The van der Waals surface area contributed by atoms with Crippen LogP contribution in [0.4, 0.5) is 4.79 Å². The van der Waals surface area contributed by atoms with Crippen LogP contribution in [0.15, 0.2) is 35.6 Å². The molecule has 1 aliphatic carbocycles. The Balaban J connectivity index is 2.16. The predicted molar refractivity (Wildman–Crippen MR) is 55.8 cm³/mol. The molecule has 15 heavy (non-hydrogen) atoms. The fourth-order valence-electron chi connectivity index (χ4n) is 1.61.